The van der Waals surface area contributed by atoms with Gasteiger partial charge in [-0.1, -0.05) is 0 Å². The molecule has 23 heteroatoms. The van der Waals surface area contributed by atoms with Crippen LogP contribution in [0.5, 0.6) is 0 Å². The van der Waals surface area contributed by atoms with Gasteiger partial charge in [0.15, 0.2) is 12.5 Å². The van der Waals surface area contributed by atoms with Crippen molar-refractivity contribution in [3.63, 3.8) is 0 Å². The second-order valence-corrected chi connectivity index (χ2v) is 11.4. The maximum atomic E-state index is 12.3. The van der Waals surface area contributed by atoms with Crippen molar-refractivity contribution in [2.45, 2.75) is 69.0 Å². The number of phosphoric acid groups is 2. The largest absolute Gasteiger partial charge is 1.00 e. The minimum Gasteiger partial charge on any atom is -0.756 e. The monoisotopic (exact) mass is 634 g/mol. The van der Waals surface area contributed by atoms with Gasteiger partial charge in [-0.05, 0) is 6.92 Å². The third kappa shape index (κ3) is 9.59. The van der Waals surface area contributed by atoms with Gasteiger partial charge in [0, 0.05) is 19.2 Å². The molecule has 1 aromatic heterocycles. The van der Waals surface area contributed by atoms with Crippen molar-refractivity contribution in [3.05, 3.63) is 33.1 Å². The van der Waals surface area contributed by atoms with E-state index in [1.165, 1.54) is 6.92 Å². The number of nitrogens with zero attached hydrogens (tertiary/aromatic N) is 1. The predicted molar refractivity (Wildman–Crippen MR) is 117 cm³/mol. The van der Waals surface area contributed by atoms with Gasteiger partial charge in [0.25, 0.3) is 21.2 Å². The summed E-state index contributed by atoms with van der Waals surface area (Å²) in [5, 5.41) is 32.8. The predicted octanol–water partition coefficient (Wildman–Crippen LogP) is -10.9. The van der Waals surface area contributed by atoms with Crippen LogP contribution in [-0.4, -0.2) is 86.3 Å². The number of hydrogen-bond donors (Lipinski definition) is 6. The number of carbonyl (C=O) groups is 1. The molecule has 1 aromatic rings. The standard InChI is InChI=1S/C17H28N4O15P2.2Na/c1-6-10(18)13(25)11(19-7(2)22)16(33-6)35-38(30,31)36-37(28,29)32-5-8-12(24)14(26)15(34-8)21-4-3-9(23)20-17(21)27;;/h3-4,6,8,10-16,24-26H,5,18H2,1-2H3,(H,19,22)(H,28,29)(H,30,31)(H,20,23,27);;/q;2*+1/p-2. The number of aromatic amines is 1. The average molecular weight is 634 g/mol. The molecule has 0 bridgehead atoms. The van der Waals surface area contributed by atoms with Crippen molar-refractivity contribution in [2.24, 2.45) is 5.73 Å². The number of amides is 1. The van der Waals surface area contributed by atoms with Crippen LogP contribution >= 0.6 is 15.6 Å². The summed E-state index contributed by atoms with van der Waals surface area (Å²) in [7, 11) is -11.6. The molecule has 0 aliphatic carbocycles. The minimum atomic E-state index is -5.81. The molecule has 3 heterocycles. The first-order valence-electron chi connectivity index (χ1n) is 10.9. The molecule has 0 radical (unpaired) electrons. The van der Waals surface area contributed by atoms with Gasteiger partial charge in [-0.3, -0.25) is 32.8 Å². The summed E-state index contributed by atoms with van der Waals surface area (Å²) in [5.74, 6) is -0.716. The molecule has 0 saturated carbocycles. The minimum absolute atomic E-state index is 0. The second-order valence-electron chi connectivity index (χ2n) is 8.44. The Bertz CT molecular complexity index is 1240. The molecule has 2 aliphatic heterocycles. The van der Waals surface area contributed by atoms with E-state index in [-0.39, 0.29) is 59.1 Å². The molecule has 2 saturated heterocycles. The Balaban J connectivity index is 0.00000400. The van der Waals surface area contributed by atoms with E-state index >= 15 is 0 Å². The van der Waals surface area contributed by atoms with Crippen molar-refractivity contribution >= 4 is 21.6 Å². The SMILES string of the molecule is CC(=O)NC1C(OP(=O)([O-])OP(=O)([O-])OCC2OC(n3ccc(=O)[nH]c3=O)C(O)C2O)OC(C)C(N)C1O.[Na+].[Na+]. The summed E-state index contributed by atoms with van der Waals surface area (Å²) in [5.41, 5.74) is 3.99. The van der Waals surface area contributed by atoms with Crippen LogP contribution in [-0.2, 0) is 36.8 Å². The van der Waals surface area contributed by atoms with Crippen LogP contribution in [0.25, 0.3) is 0 Å². The molecule has 2 fully saturated rings. The number of aliphatic hydroxyl groups excluding tert-OH is 3. The summed E-state index contributed by atoms with van der Waals surface area (Å²) in [6, 6.07) is -1.65. The van der Waals surface area contributed by atoms with Crippen LogP contribution in [0.3, 0.4) is 0 Å². The Morgan fingerprint density at radius 3 is 2.35 bits per heavy atom. The smallest absolute Gasteiger partial charge is 0.756 e. The number of aliphatic hydroxyl groups is 3. The number of H-pyrrole nitrogens is 1. The summed E-state index contributed by atoms with van der Waals surface area (Å²) in [4.78, 5) is 60.9. The van der Waals surface area contributed by atoms with Crippen molar-refractivity contribution in [1.82, 2.24) is 14.9 Å². The van der Waals surface area contributed by atoms with Gasteiger partial charge in [-0.2, -0.15) is 0 Å². The quantitative estimate of drug-likeness (QED) is 0.109. The van der Waals surface area contributed by atoms with Crippen molar-refractivity contribution in [3.8, 4) is 0 Å². The molecular weight excluding hydrogens is 608 g/mol. The van der Waals surface area contributed by atoms with Crippen LogP contribution in [0, 0.1) is 0 Å². The Labute approximate surface area is 270 Å². The second kappa shape index (κ2) is 15.3. The van der Waals surface area contributed by atoms with Crippen LogP contribution in [0.2, 0.25) is 0 Å². The zero-order valence-electron chi connectivity index (χ0n) is 21.7. The van der Waals surface area contributed by atoms with Crippen LogP contribution < -0.4 is 91.2 Å². The third-order valence-corrected chi connectivity index (χ3v) is 8.14. The molecular formula is C17H26N4Na2O15P2. The van der Waals surface area contributed by atoms with Gasteiger partial charge >= 0.3 is 64.8 Å². The molecule has 11 atom stereocenters. The molecule has 216 valence electrons. The molecule has 11 unspecified atom stereocenters. The van der Waals surface area contributed by atoms with Gasteiger partial charge in [0.05, 0.1) is 24.9 Å². The van der Waals surface area contributed by atoms with E-state index in [2.05, 4.69) is 18.7 Å². The molecule has 1 amide bonds. The zero-order valence-corrected chi connectivity index (χ0v) is 27.5. The molecule has 40 heavy (non-hydrogen) atoms. The first-order chi connectivity index (χ1) is 17.5. The van der Waals surface area contributed by atoms with Gasteiger partial charge in [-0.25, -0.2) is 9.11 Å². The van der Waals surface area contributed by atoms with E-state index in [4.69, 9.17) is 15.2 Å². The number of phosphoric ester groups is 2. The maximum Gasteiger partial charge on any atom is 1.00 e. The van der Waals surface area contributed by atoms with Crippen molar-refractivity contribution < 1.29 is 121 Å². The molecule has 3 rings (SSSR count). The van der Waals surface area contributed by atoms with Gasteiger partial charge in [0.1, 0.15) is 24.4 Å². The molecule has 7 N–H and O–H groups in total. The maximum absolute atomic E-state index is 12.3. The molecule has 0 spiro atoms. The molecule has 19 nitrogen and oxygen atoms in total. The number of aromatic nitrogens is 2. The number of nitrogens with one attached hydrogen (secondary N) is 2. The van der Waals surface area contributed by atoms with E-state index in [0.717, 1.165) is 23.8 Å². The Morgan fingerprint density at radius 1 is 1.15 bits per heavy atom. The fourth-order valence-corrected chi connectivity index (χ4v) is 5.81. The number of carbonyl (C=O) groups excluding carboxylic acids is 1. The van der Waals surface area contributed by atoms with Crippen LogP contribution in [0.15, 0.2) is 21.9 Å². The van der Waals surface area contributed by atoms with E-state index in [1.807, 2.05) is 4.98 Å². The van der Waals surface area contributed by atoms with Crippen molar-refractivity contribution in [1.29, 1.82) is 0 Å². The summed E-state index contributed by atoms with van der Waals surface area (Å²) in [6.45, 7) is 1.34. The van der Waals surface area contributed by atoms with Gasteiger partial charge in [-0.15, -0.1) is 0 Å². The Morgan fingerprint density at radius 2 is 1.77 bits per heavy atom. The van der Waals surface area contributed by atoms with Crippen molar-refractivity contribution in [2.75, 3.05) is 6.61 Å². The number of ether oxygens (including phenoxy) is 2. The van der Waals surface area contributed by atoms with E-state index in [1.54, 1.807) is 0 Å². The Kier molecular flexibility index (Phi) is 14.6. The summed E-state index contributed by atoms with van der Waals surface area (Å²) < 4.78 is 48.7. The van der Waals surface area contributed by atoms with E-state index < -0.39 is 94.5 Å². The third-order valence-electron chi connectivity index (χ3n) is 5.61. The summed E-state index contributed by atoms with van der Waals surface area (Å²) >= 11 is 0. The first-order valence-corrected chi connectivity index (χ1v) is 13.8. The van der Waals surface area contributed by atoms with Gasteiger partial charge < -0.3 is 50.2 Å². The van der Waals surface area contributed by atoms with Crippen LogP contribution in [0.4, 0.5) is 0 Å². The number of rotatable bonds is 9. The average Bonchev–Trinajstić information content (AvgIpc) is 3.06. The van der Waals surface area contributed by atoms with E-state index in [9.17, 15) is 48.6 Å². The topological polar surface area (TPSA) is 297 Å². The van der Waals surface area contributed by atoms with Gasteiger partial charge in [0.2, 0.25) is 5.91 Å². The summed E-state index contributed by atoms with van der Waals surface area (Å²) in [6.07, 6.45) is -10.2. The Hall–Kier alpha value is 0.170. The fourth-order valence-electron chi connectivity index (χ4n) is 3.73. The molecule has 0 aromatic carbocycles. The molecule has 2 aliphatic rings. The fraction of sp³-hybridized carbons (Fsp3) is 0.706. The first kappa shape index (κ1) is 38.2. The normalized spacial score (nSPS) is 35.0. The number of nitrogens with two attached hydrogens (primary N) is 1. The van der Waals surface area contributed by atoms with E-state index in [0.29, 0.717) is 0 Å². The number of hydrogen-bond acceptors (Lipinski definition) is 16. The van der Waals surface area contributed by atoms with Crippen LogP contribution in [0.1, 0.15) is 20.1 Å². The zero-order chi connectivity index (χ0) is 28.6.